The second kappa shape index (κ2) is 28.3. The highest BCUT2D eigenvalue weighted by molar-refractivity contribution is 9.10. The highest BCUT2D eigenvalue weighted by Gasteiger charge is 2.10. The summed E-state index contributed by atoms with van der Waals surface area (Å²) in [6.45, 7) is 13.8. The van der Waals surface area contributed by atoms with Gasteiger partial charge in [0.25, 0.3) is 0 Å². The van der Waals surface area contributed by atoms with Crippen LogP contribution in [0.5, 0.6) is 17.2 Å². The summed E-state index contributed by atoms with van der Waals surface area (Å²) in [5.74, 6) is 9.08. The van der Waals surface area contributed by atoms with Gasteiger partial charge in [0.05, 0.1) is 24.3 Å². The fourth-order valence-electron chi connectivity index (χ4n) is 6.78. The van der Waals surface area contributed by atoms with Crippen molar-refractivity contribution in [2.45, 2.75) is 92.9 Å². The van der Waals surface area contributed by atoms with Crippen LogP contribution in [0.4, 0.5) is 26.3 Å². The molecular formula is C56H55BBrF6O4. The van der Waals surface area contributed by atoms with E-state index < -0.39 is 29.1 Å². The molecule has 6 aromatic rings. The maximum atomic E-state index is 14.6. The molecule has 6 rings (SSSR count). The number of benzene rings is 6. The molecule has 0 aliphatic carbocycles. The molecule has 0 saturated carbocycles. The third-order valence-electron chi connectivity index (χ3n) is 10.4. The van der Waals surface area contributed by atoms with Crippen molar-refractivity contribution < 1.29 is 45.5 Å². The number of aryl methyl sites for hydroxylation is 4. The van der Waals surface area contributed by atoms with Crippen molar-refractivity contribution in [3.63, 3.8) is 0 Å². The van der Waals surface area contributed by atoms with E-state index in [1.165, 1.54) is 62.8 Å². The van der Waals surface area contributed by atoms with Crippen LogP contribution < -0.4 is 14.1 Å². The molecule has 0 aliphatic rings. The average Bonchev–Trinajstić information content (AvgIpc) is 3.29. The van der Waals surface area contributed by atoms with Gasteiger partial charge in [-0.15, -0.1) is 0 Å². The molecule has 68 heavy (non-hydrogen) atoms. The van der Waals surface area contributed by atoms with Gasteiger partial charge < -0.3 is 19.2 Å². The van der Waals surface area contributed by atoms with Crippen molar-refractivity contribution in [2.24, 2.45) is 0 Å². The van der Waals surface area contributed by atoms with Gasteiger partial charge >= 0.3 is 7.69 Å². The zero-order valence-electron chi connectivity index (χ0n) is 39.2. The first-order chi connectivity index (χ1) is 32.6. The largest absolute Gasteiger partial charge is 0.569 e. The quantitative estimate of drug-likeness (QED) is 0.0482. The van der Waals surface area contributed by atoms with Crippen molar-refractivity contribution in [1.82, 2.24) is 0 Å². The minimum Gasteiger partial charge on any atom is -0.537 e. The summed E-state index contributed by atoms with van der Waals surface area (Å²) in [7, 11) is 0.396. The summed E-state index contributed by atoms with van der Waals surface area (Å²) in [5, 5.41) is 8.12. The lowest BCUT2D eigenvalue weighted by Gasteiger charge is -2.10. The lowest BCUT2D eigenvalue weighted by atomic mass is 10.0. The maximum absolute atomic E-state index is 14.6. The van der Waals surface area contributed by atoms with Crippen LogP contribution in [0.25, 0.3) is 11.1 Å². The van der Waals surface area contributed by atoms with Crippen LogP contribution >= 0.6 is 15.9 Å². The molecular weight excluding hydrogens is 941 g/mol. The fraction of sp³-hybridized carbons (Fsp3) is 0.286. The zero-order chi connectivity index (χ0) is 49.6. The SMILES string of the molecule is CCCCCCOc1cc(C)c(C#Cc2ccc(-c3ccc(F)c(F)c3)cc2F)c(C)c1.CCCCCCOc1cc(C)c(C#Cc2ccc(Br)cc2F)c(C)c1.O[B]Oc1ccc(F)c(F)c1. The second-order valence-electron chi connectivity index (χ2n) is 15.9. The Morgan fingerprint density at radius 1 is 0.456 bits per heavy atom. The summed E-state index contributed by atoms with van der Waals surface area (Å²) in [4.78, 5) is 0. The maximum Gasteiger partial charge on any atom is 0.569 e. The Kier molecular flexibility index (Phi) is 22.7. The molecule has 0 unspecified atom stereocenters. The van der Waals surface area contributed by atoms with Crippen LogP contribution in [-0.4, -0.2) is 25.9 Å². The van der Waals surface area contributed by atoms with E-state index in [1.807, 2.05) is 52.0 Å². The predicted octanol–water partition coefficient (Wildman–Crippen LogP) is 15.2. The summed E-state index contributed by atoms with van der Waals surface area (Å²) < 4.78 is 96.5. The molecule has 0 saturated heterocycles. The number of hydrogen-bond acceptors (Lipinski definition) is 4. The first kappa shape index (κ1) is 54.5. The Morgan fingerprint density at radius 2 is 0.882 bits per heavy atom. The number of hydrogen-bond donors (Lipinski definition) is 1. The number of ether oxygens (including phenoxy) is 2. The third-order valence-corrected chi connectivity index (χ3v) is 10.9. The van der Waals surface area contributed by atoms with E-state index in [0.717, 1.165) is 88.6 Å². The Morgan fingerprint density at radius 3 is 1.31 bits per heavy atom. The average molecular weight is 997 g/mol. The molecule has 6 aromatic carbocycles. The minimum atomic E-state index is -1.01. The smallest absolute Gasteiger partial charge is 0.537 e. The minimum absolute atomic E-state index is 0.0476. The van der Waals surface area contributed by atoms with Gasteiger partial charge in [0.15, 0.2) is 23.3 Å². The second-order valence-corrected chi connectivity index (χ2v) is 16.8. The molecule has 0 heterocycles. The van der Waals surface area contributed by atoms with Crippen molar-refractivity contribution in [1.29, 1.82) is 0 Å². The summed E-state index contributed by atoms with van der Waals surface area (Å²) in [6, 6.07) is 23.8. The van der Waals surface area contributed by atoms with E-state index in [0.29, 0.717) is 35.5 Å². The van der Waals surface area contributed by atoms with Crippen molar-refractivity contribution in [3.8, 4) is 52.1 Å². The molecule has 1 N–H and O–H groups in total. The van der Waals surface area contributed by atoms with E-state index in [1.54, 1.807) is 24.3 Å². The van der Waals surface area contributed by atoms with Crippen LogP contribution in [0.2, 0.25) is 0 Å². The number of halogens is 7. The Balaban J connectivity index is 0.000000247. The highest BCUT2D eigenvalue weighted by Crippen LogP contribution is 2.26. The van der Waals surface area contributed by atoms with Gasteiger partial charge in [-0.05, 0) is 153 Å². The molecule has 0 bridgehead atoms. The molecule has 355 valence electrons. The monoisotopic (exact) mass is 995 g/mol. The van der Waals surface area contributed by atoms with Gasteiger partial charge in [0, 0.05) is 21.7 Å². The summed E-state index contributed by atoms with van der Waals surface area (Å²) in [6.07, 6.45) is 9.37. The van der Waals surface area contributed by atoms with Crippen LogP contribution in [0, 0.1) is 86.3 Å². The number of unbranched alkanes of at least 4 members (excludes halogenated alkanes) is 6. The van der Waals surface area contributed by atoms with Crippen LogP contribution in [-0.2, 0) is 0 Å². The molecule has 0 fully saturated rings. The molecule has 0 spiro atoms. The Bertz CT molecular complexity index is 2690. The lowest BCUT2D eigenvalue weighted by Crippen LogP contribution is -2.00. The van der Waals surface area contributed by atoms with Gasteiger partial charge in [-0.3, -0.25) is 0 Å². The van der Waals surface area contributed by atoms with Crippen LogP contribution in [0.3, 0.4) is 0 Å². The van der Waals surface area contributed by atoms with Gasteiger partial charge in [0.1, 0.15) is 28.9 Å². The Labute approximate surface area is 406 Å². The first-order valence-corrected chi connectivity index (χ1v) is 23.2. The van der Waals surface area contributed by atoms with Crippen LogP contribution in [0.1, 0.15) is 110 Å². The first-order valence-electron chi connectivity index (χ1n) is 22.4. The van der Waals surface area contributed by atoms with E-state index >= 15 is 0 Å². The summed E-state index contributed by atoms with van der Waals surface area (Å²) >= 11 is 3.26. The fourth-order valence-corrected chi connectivity index (χ4v) is 7.11. The molecule has 0 amide bonds. The van der Waals surface area contributed by atoms with Crippen molar-refractivity contribution >= 4 is 23.6 Å². The lowest BCUT2D eigenvalue weighted by molar-refractivity contribution is 0.304. The van der Waals surface area contributed by atoms with E-state index in [-0.39, 0.29) is 17.1 Å². The standard InChI is InChI=1S/C28H27F3O.C22H24BrFO.C6H4BF2O2/c1-4-5-6-7-14-32-24-15-19(2)25(20(3)16-24)12-10-21-8-9-22(17-27(21)30)23-11-13-26(29)28(31)18-23;1-4-5-6-7-12-25-20-13-16(2)21(17(3)14-20)11-9-18-8-10-19(23)15-22(18)24;8-5-2-1-4(11-7-10)3-6(5)9/h8-9,11,13,15-18H,4-7,14H2,1-3H3;8,10,13-15H,4-7,12H2,1-3H3;1-3,10H. The molecule has 12 heteroatoms. The third kappa shape index (κ3) is 17.5. The van der Waals surface area contributed by atoms with Gasteiger partial charge in [0.2, 0.25) is 0 Å². The van der Waals surface area contributed by atoms with E-state index in [2.05, 4.69) is 58.1 Å². The number of rotatable bonds is 15. The predicted molar refractivity (Wildman–Crippen MR) is 264 cm³/mol. The van der Waals surface area contributed by atoms with Crippen LogP contribution in [0.15, 0.2) is 102 Å². The molecule has 4 nitrogen and oxygen atoms in total. The van der Waals surface area contributed by atoms with Gasteiger partial charge in [-0.2, -0.15) is 0 Å². The normalized spacial score (nSPS) is 10.3. The molecule has 0 atom stereocenters. The van der Waals surface area contributed by atoms with Crippen molar-refractivity contribution in [3.05, 3.63) is 181 Å². The van der Waals surface area contributed by atoms with Crippen molar-refractivity contribution in [2.75, 3.05) is 13.2 Å². The van der Waals surface area contributed by atoms with Gasteiger partial charge in [-0.25, -0.2) is 26.3 Å². The molecule has 0 aliphatic heterocycles. The van der Waals surface area contributed by atoms with E-state index in [9.17, 15) is 26.3 Å². The topological polar surface area (TPSA) is 47.9 Å². The molecule has 0 aromatic heterocycles. The van der Waals surface area contributed by atoms with Gasteiger partial charge in [-0.1, -0.05) is 104 Å². The summed E-state index contributed by atoms with van der Waals surface area (Å²) in [5.41, 5.74) is 7.32. The highest BCUT2D eigenvalue weighted by atomic mass is 79.9. The molecule has 1 radical (unpaired) electrons. The van der Waals surface area contributed by atoms with E-state index in [4.69, 9.17) is 14.5 Å². The Hall–Kier alpha value is -6.08. The zero-order valence-corrected chi connectivity index (χ0v) is 40.8.